The van der Waals surface area contributed by atoms with Crippen LogP contribution in [0.3, 0.4) is 0 Å². The van der Waals surface area contributed by atoms with Crippen molar-refractivity contribution in [2.24, 2.45) is 0 Å². The molecule has 0 amide bonds. The molecule has 3 N–H and O–H groups in total. The predicted molar refractivity (Wildman–Crippen MR) is 147 cm³/mol. The Balaban J connectivity index is 1.57. The van der Waals surface area contributed by atoms with Gasteiger partial charge in [0.05, 0.1) is 22.8 Å². The van der Waals surface area contributed by atoms with Crippen molar-refractivity contribution in [2.45, 2.75) is 13.0 Å². The highest BCUT2D eigenvalue weighted by atomic mass is 32.2. The molecule has 0 aliphatic carbocycles. The molecule has 1 atom stereocenters. The maximum absolute atomic E-state index is 6.39. The van der Waals surface area contributed by atoms with Gasteiger partial charge < -0.3 is 14.9 Å². The summed E-state index contributed by atoms with van der Waals surface area (Å²) >= 11 is 1.54. The summed E-state index contributed by atoms with van der Waals surface area (Å²) in [6.07, 6.45) is 7.36. The van der Waals surface area contributed by atoms with Gasteiger partial charge in [0.2, 0.25) is 0 Å². The summed E-state index contributed by atoms with van der Waals surface area (Å²) in [5.74, 6) is 0.406. The standard InChI is InChI=1S/C27H24N8S/c1-17(21-15-20-10-4-6-13-34(20)25(21)22-11-3-5-12-29-22)35-27-23(26(28)30-16-31-27)24(32-35)18-8-7-9-19(14-18)33-36-2/h3-17,33H,1-2H3,(H2,28,30,31). The zero-order valence-electron chi connectivity index (χ0n) is 19.8. The number of rotatable bonds is 6. The molecule has 0 saturated heterocycles. The number of nitrogens with one attached hydrogen (secondary N) is 1. The van der Waals surface area contributed by atoms with Crippen LogP contribution in [0.25, 0.3) is 39.2 Å². The minimum absolute atomic E-state index is 0.153. The minimum atomic E-state index is -0.153. The average Bonchev–Trinajstić information content (AvgIpc) is 3.49. The SMILES string of the molecule is CSNc1cccc(-c2nn(C(C)c3cc4ccccn4c3-c3ccccn3)c3ncnc(N)c23)c1. The third-order valence-corrected chi connectivity index (χ3v) is 6.75. The topological polar surface area (TPSA) is 99.0 Å². The third kappa shape index (κ3) is 3.64. The van der Waals surface area contributed by atoms with Gasteiger partial charge in [-0.3, -0.25) is 4.98 Å². The molecular weight excluding hydrogens is 468 g/mol. The average molecular weight is 493 g/mol. The Kier molecular flexibility index (Phi) is 5.54. The van der Waals surface area contributed by atoms with E-state index < -0.39 is 0 Å². The number of hydrogen-bond donors (Lipinski definition) is 2. The summed E-state index contributed by atoms with van der Waals surface area (Å²) in [5.41, 5.74) is 13.9. The second-order valence-electron chi connectivity index (χ2n) is 8.47. The summed E-state index contributed by atoms with van der Waals surface area (Å²) in [5, 5.41) is 5.82. The van der Waals surface area contributed by atoms with E-state index in [9.17, 15) is 0 Å². The molecule has 0 bridgehead atoms. The van der Waals surface area contributed by atoms with Crippen LogP contribution in [0.15, 0.2) is 85.5 Å². The molecule has 0 saturated carbocycles. The Labute approximate surface area is 212 Å². The van der Waals surface area contributed by atoms with Gasteiger partial charge in [-0.05, 0) is 49.4 Å². The van der Waals surface area contributed by atoms with Crippen LogP contribution in [0, 0.1) is 0 Å². The van der Waals surface area contributed by atoms with Gasteiger partial charge in [-0.15, -0.1) is 0 Å². The van der Waals surface area contributed by atoms with Crippen molar-refractivity contribution in [1.82, 2.24) is 29.1 Å². The number of aromatic nitrogens is 6. The molecule has 8 nitrogen and oxygen atoms in total. The maximum atomic E-state index is 6.39. The molecule has 6 rings (SSSR count). The number of nitrogen functional groups attached to an aromatic ring is 1. The van der Waals surface area contributed by atoms with Gasteiger partial charge in [0.25, 0.3) is 0 Å². The third-order valence-electron chi connectivity index (χ3n) is 6.31. The molecule has 1 aromatic carbocycles. The molecule has 0 radical (unpaired) electrons. The van der Waals surface area contributed by atoms with Gasteiger partial charge in [0.15, 0.2) is 5.65 Å². The molecule has 6 aromatic rings. The monoisotopic (exact) mass is 492 g/mol. The molecule has 0 aliphatic rings. The molecule has 0 spiro atoms. The largest absolute Gasteiger partial charge is 0.383 e. The van der Waals surface area contributed by atoms with E-state index in [1.165, 1.54) is 6.33 Å². The fourth-order valence-corrected chi connectivity index (χ4v) is 5.05. The smallest absolute Gasteiger partial charge is 0.164 e. The van der Waals surface area contributed by atoms with Crippen LogP contribution in [0.2, 0.25) is 0 Å². The highest BCUT2D eigenvalue weighted by Gasteiger charge is 2.25. The first-order valence-corrected chi connectivity index (χ1v) is 12.8. The van der Waals surface area contributed by atoms with Gasteiger partial charge in [0.1, 0.15) is 17.8 Å². The summed E-state index contributed by atoms with van der Waals surface area (Å²) in [4.78, 5) is 13.6. The van der Waals surface area contributed by atoms with E-state index in [-0.39, 0.29) is 6.04 Å². The maximum Gasteiger partial charge on any atom is 0.164 e. The van der Waals surface area contributed by atoms with Gasteiger partial charge in [-0.2, -0.15) is 5.10 Å². The van der Waals surface area contributed by atoms with Crippen LogP contribution in [-0.2, 0) is 0 Å². The summed E-state index contributed by atoms with van der Waals surface area (Å²) < 4.78 is 7.40. The minimum Gasteiger partial charge on any atom is -0.383 e. The second-order valence-corrected chi connectivity index (χ2v) is 9.08. The summed E-state index contributed by atoms with van der Waals surface area (Å²) in [6.45, 7) is 2.13. The van der Waals surface area contributed by atoms with Gasteiger partial charge in [0, 0.05) is 41.0 Å². The lowest BCUT2D eigenvalue weighted by Crippen LogP contribution is -2.10. The quantitative estimate of drug-likeness (QED) is 0.288. The highest BCUT2D eigenvalue weighted by molar-refractivity contribution is 7.99. The van der Waals surface area contributed by atoms with E-state index in [1.807, 2.05) is 65.7 Å². The molecule has 0 aliphatic heterocycles. The van der Waals surface area contributed by atoms with Crippen molar-refractivity contribution >= 4 is 40.0 Å². The van der Waals surface area contributed by atoms with E-state index in [4.69, 9.17) is 10.8 Å². The van der Waals surface area contributed by atoms with Crippen LogP contribution in [0.4, 0.5) is 11.5 Å². The van der Waals surface area contributed by atoms with E-state index in [1.54, 1.807) is 11.9 Å². The number of pyridine rings is 2. The van der Waals surface area contributed by atoms with Crippen LogP contribution in [-0.4, -0.2) is 35.4 Å². The number of anilines is 2. The molecule has 36 heavy (non-hydrogen) atoms. The number of fused-ring (bicyclic) bond motifs is 2. The first-order chi connectivity index (χ1) is 17.7. The van der Waals surface area contributed by atoms with Crippen LogP contribution in [0.1, 0.15) is 18.5 Å². The van der Waals surface area contributed by atoms with E-state index in [0.29, 0.717) is 11.5 Å². The molecule has 0 fully saturated rings. The van der Waals surface area contributed by atoms with Crippen molar-refractivity contribution in [3.63, 3.8) is 0 Å². The van der Waals surface area contributed by atoms with Crippen LogP contribution in [0.5, 0.6) is 0 Å². The molecule has 5 heterocycles. The Morgan fingerprint density at radius 2 is 1.86 bits per heavy atom. The Hall–Kier alpha value is -4.37. The summed E-state index contributed by atoms with van der Waals surface area (Å²) in [6, 6.07) is 22.3. The van der Waals surface area contributed by atoms with Crippen molar-refractivity contribution < 1.29 is 0 Å². The lowest BCUT2D eigenvalue weighted by molar-refractivity contribution is 0.582. The number of benzene rings is 1. The van der Waals surface area contributed by atoms with Crippen molar-refractivity contribution in [2.75, 3.05) is 16.7 Å². The number of nitrogens with two attached hydrogens (primary N) is 1. The second kappa shape index (κ2) is 9.01. The Bertz CT molecular complexity index is 1690. The number of hydrogen-bond acceptors (Lipinski definition) is 7. The molecule has 1 unspecified atom stereocenters. The normalized spacial score (nSPS) is 12.3. The highest BCUT2D eigenvalue weighted by Crippen LogP contribution is 2.37. The molecule has 5 aromatic heterocycles. The van der Waals surface area contributed by atoms with Gasteiger partial charge >= 0.3 is 0 Å². The summed E-state index contributed by atoms with van der Waals surface area (Å²) in [7, 11) is 0. The first-order valence-electron chi connectivity index (χ1n) is 11.5. The fourth-order valence-electron chi connectivity index (χ4n) is 4.68. The fraction of sp³-hybridized carbons (Fsp3) is 0.111. The van der Waals surface area contributed by atoms with Crippen molar-refractivity contribution in [3.05, 3.63) is 91.0 Å². The van der Waals surface area contributed by atoms with Gasteiger partial charge in [-0.25, -0.2) is 14.6 Å². The van der Waals surface area contributed by atoms with Crippen LogP contribution >= 0.6 is 11.9 Å². The Morgan fingerprint density at radius 3 is 2.69 bits per heavy atom. The number of nitrogens with zero attached hydrogens (tertiary/aromatic N) is 6. The van der Waals surface area contributed by atoms with Crippen molar-refractivity contribution in [1.29, 1.82) is 0 Å². The first kappa shape index (κ1) is 22.1. The lowest BCUT2D eigenvalue weighted by Gasteiger charge is -2.15. The molecule has 9 heteroatoms. The zero-order chi connectivity index (χ0) is 24.6. The molecule has 178 valence electrons. The van der Waals surface area contributed by atoms with E-state index >= 15 is 0 Å². The zero-order valence-corrected chi connectivity index (χ0v) is 20.6. The molecular formula is C27H24N8S. The van der Waals surface area contributed by atoms with Crippen LogP contribution < -0.4 is 10.5 Å². The predicted octanol–water partition coefficient (Wildman–Crippen LogP) is 5.69. The lowest BCUT2D eigenvalue weighted by atomic mass is 10.1. The van der Waals surface area contributed by atoms with E-state index in [0.717, 1.165) is 44.8 Å². The van der Waals surface area contributed by atoms with Gasteiger partial charge in [-0.1, -0.05) is 36.2 Å². The van der Waals surface area contributed by atoms with Crippen molar-refractivity contribution in [3.8, 4) is 22.6 Å². The Morgan fingerprint density at radius 1 is 0.972 bits per heavy atom. The van der Waals surface area contributed by atoms with E-state index in [2.05, 4.69) is 55.4 Å².